The van der Waals surface area contributed by atoms with E-state index in [0.29, 0.717) is 40.8 Å². The second-order valence-electron chi connectivity index (χ2n) is 19.7. The summed E-state index contributed by atoms with van der Waals surface area (Å²) in [6.07, 6.45) is 8.07. The number of piperidine rings is 3. The van der Waals surface area contributed by atoms with Gasteiger partial charge in [-0.15, -0.1) is 0 Å². The summed E-state index contributed by atoms with van der Waals surface area (Å²) in [5, 5.41) is 3.42. The van der Waals surface area contributed by atoms with Gasteiger partial charge in [-0.2, -0.15) is 0 Å². The van der Waals surface area contributed by atoms with Crippen molar-refractivity contribution in [2.24, 2.45) is 20.0 Å². The van der Waals surface area contributed by atoms with Crippen molar-refractivity contribution >= 4 is 45.6 Å². The molecule has 0 saturated carbocycles. The zero-order chi connectivity index (χ0) is 47.4. The maximum Gasteiger partial charge on any atom is 0.329 e. The number of nitrogens with one attached hydrogen (secondary N) is 1. The molecule has 4 fully saturated rings. The van der Waals surface area contributed by atoms with Gasteiger partial charge in [0.25, 0.3) is 5.91 Å². The van der Waals surface area contributed by atoms with E-state index in [1.165, 1.54) is 26.5 Å². The number of benzene rings is 2. The van der Waals surface area contributed by atoms with Crippen LogP contribution in [0.15, 0.2) is 77.9 Å². The molecule has 356 valence electrons. The number of hydrogen-bond acceptors (Lipinski definition) is 10. The van der Waals surface area contributed by atoms with Crippen LogP contribution in [-0.2, 0) is 30.2 Å². The van der Waals surface area contributed by atoms with Gasteiger partial charge >= 0.3 is 5.69 Å². The number of imidazole rings is 1. The van der Waals surface area contributed by atoms with Crippen molar-refractivity contribution in [2.45, 2.75) is 83.0 Å². The topological polar surface area (TPSA) is 160 Å². The average molecular weight is 924 g/mol. The number of aromatic nitrogens is 5. The Hall–Kier alpha value is -6.23. The van der Waals surface area contributed by atoms with Crippen LogP contribution in [0, 0.1) is 11.7 Å². The number of pyridine rings is 2. The first-order valence-electron chi connectivity index (χ1n) is 24.3. The summed E-state index contributed by atoms with van der Waals surface area (Å²) in [7, 11) is 3.73. The second-order valence-corrected chi connectivity index (χ2v) is 19.7. The zero-order valence-corrected chi connectivity index (χ0v) is 39.5. The Morgan fingerprint density at radius 1 is 0.868 bits per heavy atom. The molecule has 8 heterocycles. The van der Waals surface area contributed by atoms with Crippen molar-refractivity contribution in [3.8, 4) is 11.1 Å². The minimum atomic E-state index is -0.859. The van der Waals surface area contributed by atoms with Crippen molar-refractivity contribution in [1.82, 2.24) is 48.6 Å². The molecule has 0 unspecified atom stereocenters. The van der Waals surface area contributed by atoms with Gasteiger partial charge in [0, 0.05) is 125 Å². The molecule has 4 saturated heterocycles. The van der Waals surface area contributed by atoms with Gasteiger partial charge in [-0.25, -0.2) is 19.2 Å². The lowest BCUT2D eigenvalue weighted by molar-refractivity contribution is -0.135. The third kappa shape index (κ3) is 8.73. The quantitative estimate of drug-likeness (QED) is 0.157. The highest BCUT2D eigenvalue weighted by Gasteiger charge is 2.34. The molecule has 0 spiro atoms. The molecule has 4 aromatic heterocycles. The van der Waals surface area contributed by atoms with Crippen LogP contribution in [0.5, 0.6) is 0 Å². The number of rotatable bonds is 10. The summed E-state index contributed by atoms with van der Waals surface area (Å²) >= 11 is 0. The molecule has 0 radical (unpaired) electrons. The van der Waals surface area contributed by atoms with Crippen molar-refractivity contribution in [3.05, 3.63) is 112 Å². The number of piperazine rings is 1. The van der Waals surface area contributed by atoms with E-state index in [0.717, 1.165) is 106 Å². The number of nitrogens with two attached hydrogens (primary N) is 1. The normalized spacial score (nSPS) is 21.2. The Labute approximate surface area is 395 Å². The van der Waals surface area contributed by atoms with Crippen LogP contribution < -0.4 is 16.7 Å². The molecule has 3 amide bonds. The van der Waals surface area contributed by atoms with E-state index in [-0.39, 0.29) is 36.7 Å². The minimum absolute atomic E-state index is 0.110. The second kappa shape index (κ2) is 18.7. The number of aryl methyl sites for hydroxylation is 2. The fourth-order valence-electron chi connectivity index (χ4n) is 11.5. The smallest absolute Gasteiger partial charge is 0.329 e. The maximum absolute atomic E-state index is 15.7. The third-order valence-electron chi connectivity index (χ3n) is 15.6. The highest BCUT2D eigenvalue weighted by molar-refractivity contribution is 6.00. The highest BCUT2D eigenvalue weighted by atomic mass is 19.1. The first kappa shape index (κ1) is 45.5. The Morgan fingerprint density at radius 2 is 1.63 bits per heavy atom. The molecule has 4 aliphatic rings. The van der Waals surface area contributed by atoms with Crippen LogP contribution in [-0.4, -0.2) is 119 Å². The summed E-state index contributed by atoms with van der Waals surface area (Å²) in [6, 6.07) is 19.3. The van der Waals surface area contributed by atoms with Crippen molar-refractivity contribution in [1.29, 1.82) is 0 Å². The first-order chi connectivity index (χ1) is 32.8. The molecular formula is C52H62FN11O4. The first-order valence-corrected chi connectivity index (χ1v) is 24.3. The summed E-state index contributed by atoms with van der Waals surface area (Å²) in [4.78, 5) is 69.8. The largest absolute Gasteiger partial charge is 0.384 e. The number of imide groups is 1. The highest BCUT2D eigenvalue weighted by Crippen LogP contribution is 2.37. The van der Waals surface area contributed by atoms with Gasteiger partial charge in [-0.05, 0) is 124 Å². The van der Waals surface area contributed by atoms with Gasteiger partial charge in [-0.3, -0.25) is 43.5 Å². The molecule has 15 nitrogen and oxygen atoms in total. The van der Waals surface area contributed by atoms with Crippen molar-refractivity contribution < 1.29 is 18.8 Å². The number of hydrogen-bond donors (Lipinski definition) is 2. The van der Waals surface area contributed by atoms with E-state index < -0.39 is 23.5 Å². The summed E-state index contributed by atoms with van der Waals surface area (Å²) < 4.78 is 20.7. The van der Waals surface area contributed by atoms with Crippen LogP contribution in [0.2, 0.25) is 0 Å². The van der Waals surface area contributed by atoms with Crippen LogP contribution in [0.4, 0.5) is 10.2 Å². The molecule has 6 aromatic rings. The molecule has 68 heavy (non-hydrogen) atoms. The number of fused-ring (bicyclic) bond motifs is 2. The Balaban J connectivity index is 0.686. The number of amides is 3. The van der Waals surface area contributed by atoms with Crippen molar-refractivity contribution in [3.63, 3.8) is 0 Å². The minimum Gasteiger partial charge on any atom is -0.384 e. The lowest BCUT2D eigenvalue weighted by Gasteiger charge is -2.42. The Morgan fingerprint density at radius 3 is 2.34 bits per heavy atom. The summed E-state index contributed by atoms with van der Waals surface area (Å²) in [5.74, 6) is 0.245. The van der Waals surface area contributed by atoms with E-state index in [4.69, 9.17) is 10.7 Å². The molecule has 3 atom stereocenters. The van der Waals surface area contributed by atoms with Crippen LogP contribution in [0.3, 0.4) is 0 Å². The van der Waals surface area contributed by atoms with Gasteiger partial charge in [0.15, 0.2) is 0 Å². The monoisotopic (exact) mass is 923 g/mol. The summed E-state index contributed by atoms with van der Waals surface area (Å²) in [5.41, 5.74) is 13.3. The molecule has 16 heteroatoms. The molecule has 4 aliphatic heterocycles. The number of halogens is 1. The van der Waals surface area contributed by atoms with Gasteiger partial charge in [-0.1, -0.05) is 12.1 Å². The van der Waals surface area contributed by atoms with E-state index in [2.05, 4.69) is 68.7 Å². The molecule has 10 rings (SSSR count). The Kier molecular flexibility index (Phi) is 12.5. The predicted molar refractivity (Wildman–Crippen MR) is 260 cm³/mol. The maximum atomic E-state index is 15.7. The number of carbonyl (C=O) groups is 3. The van der Waals surface area contributed by atoms with E-state index in [9.17, 15) is 19.2 Å². The lowest BCUT2D eigenvalue weighted by Crippen LogP contribution is -2.53. The van der Waals surface area contributed by atoms with Crippen LogP contribution in [0.1, 0.15) is 97.6 Å². The van der Waals surface area contributed by atoms with E-state index in [1.54, 1.807) is 13.1 Å². The number of carbonyl (C=O) groups excluding carboxylic acids is 3. The van der Waals surface area contributed by atoms with E-state index >= 15 is 4.39 Å². The fourth-order valence-corrected chi connectivity index (χ4v) is 11.5. The van der Waals surface area contributed by atoms with Crippen molar-refractivity contribution in [2.75, 3.05) is 58.1 Å². The fraction of sp³-hybridized carbons (Fsp3) is 0.462. The SMILES string of the molecule is C[C@H]1CN(Cc2cc3c(cc2F)n([C@H]2CCC(=O)NC2=O)c(=O)n3C)CCN1CC1CCN(C(=O)c2ccc(C3CCN([C@@H](C)c4cc5c(-c6ccc(N)nc6)ccnc5n4C)CC3)cc2)CC1. The number of nitrogen functional groups attached to an aromatic ring is 1. The van der Waals surface area contributed by atoms with Gasteiger partial charge in [0.2, 0.25) is 11.8 Å². The third-order valence-corrected chi connectivity index (χ3v) is 15.6. The molecule has 0 aliphatic carbocycles. The average Bonchev–Trinajstić information content (AvgIpc) is 3.81. The summed E-state index contributed by atoms with van der Waals surface area (Å²) in [6.45, 7) is 11.8. The standard InChI is InChI=1S/C52H62FN11O4/c1-32-29-60(31-39-25-45-46(27-42(39)53)64(52(68)59(45)4)43-10-12-48(65)57-50(43)66)23-24-63(32)30-34-14-19-62(20-15-34)51(67)37-7-5-35(6-8-37)36-16-21-61(22-17-36)33(2)44-26-41-40(13-18-55-49(41)58(44)3)38-9-11-47(54)56-28-38/h5-9,11,13,18,25-28,32-34,36,43H,10,12,14-17,19-24,29-31H2,1-4H3,(H2,54,56)(H,57,65,66)/t32-,33-,43-/m0/s1. The van der Waals surface area contributed by atoms with Gasteiger partial charge in [0.05, 0.1) is 11.0 Å². The van der Waals surface area contributed by atoms with Gasteiger partial charge < -0.3 is 15.2 Å². The zero-order valence-electron chi connectivity index (χ0n) is 39.5. The number of nitrogens with zero attached hydrogens (tertiary/aromatic N) is 9. The molecule has 3 N–H and O–H groups in total. The Bertz CT molecular complexity index is 2930. The van der Waals surface area contributed by atoms with Crippen LogP contribution in [0.25, 0.3) is 33.2 Å². The number of likely N-dealkylation sites (tertiary alicyclic amines) is 2. The molecule has 0 bridgehead atoms. The molecular weight excluding hydrogens is 862 g/mol. The van der Waals surface area contributed by atoms with Gasteiger partial charge in [0.1, 0.15) is 23.3 Å². The number of anilines is 1. The lowest BCUT2D eigenvalue weighted by atomic mass is 9.88. The van der Waals surface area contributed by atoms with E-state index in [1.807, 2.05) is 47.6 Å². The predicted octanol–water partition coefficient (Wildman–Crippen LogP) is 5.99. The van der Waals surface area contributed by atoms with Crippen LogP contribution >= 0.6 is 0 Å². The molecule has 2 aromatic carbocycles.